The highest BCUT2D eigenvalue weighted by Gasteiger charge is 2.30. The van der Waals surface area contributed by atoms with Crippen LogP contribution < -0.4 is 5.32 Å². The van der Waals surface area contributed by atoms with E-state index in [0.717, 1.165) is 12.8 Å². The summed E-state index contributed by atoms with van der Waals surface area (Å²) in [7, 11) is 0. The highest BCUT2D eigenvalue weighted by atomic mass is 16.6. The second-order valence-corrected chi connectivity index (χ2v) is 5.42. The lowest BCUT2D eigenvalue weighted by Crippen LogP contribution is -2.24. The maximum absolute atomic E-state index is 11.2. The van der Waals surface area contributed by atoms with Crippen molar-refractivity contribution in [3.05, 3.63) is 15.8 Å². The molecule has 1 saturated carbocycles. The molecule has 0 spiro atoms. The molecular formula is C13H22N4O2. The number of aryl methyl sites for hydroxylation is 2. The number of nitrogens with one attached hydrogen (secondary N) is 1. The molecule has 0 aliphatic heterocycles. The molecule has 106 valence electrons. The fourth-order valence-corrected chi connectivity index (χ4v) is 2.84. The summed E-state index contributed by atoms with van der Waals surface area (Å²) in [6.07, 6.45) is 4.36. The number of aromatic nitrogens is 2. The third-order valence-corrected chi connectivity index (χ3v) is 3.90. The molecule has 1 aromatic rings. The van der Waals surface area contributed by atoms with Gasteiger partial charge in [-0.25, -0.2) is 4.68 Å². The zero-order chi connectivity index (χ0) is 14.0. The molecule has 0 aromatic carbocycles. The van der Waals surface area contributed by atoms with E-state index in [1.54, 1.807) is 11.6 Å². The van der Waals surface area contributed by atoms with Gasteiger partial charge in [-0.3, -0.25) is 10.1 Å². The summed E-state index contributed by atoms with van der Waals surface area (Å²) in [4.78, 5) is 10.9. The molecule has 2 unspecified atom stereocenters. The van der Waals surface area contributed by atoms with E-state index in [1.165, 1.54) is 12.8 Å². The van der Waals surface area contributed by atoms with E-state index in [0.29, 0.717) is 30.0 Å². The summed E-state index contributed by atoms with van der Waals surface area (Å²) in [5.41, 5.74) is 0.624. The molecule has 1 aliphatic rings. The Morgan fingerprint density at radius 1 is 1.53 bits per heavy atom. The first-order valence-electron chi connectivity index (χ1n) is 7.03. The predicted octanol–water partition coefficient (Wildman–Crippen LogP) is 3.11. The molecule has 0 radical (unpaired) electrons. The second-order valence-electron chi connectivity index (χ2n) is 5.42. The first-order valence-corrected chi connectivity index (χ1v) is 7.03. The minimum absolute atomic E-state index is 0.132. The van der Waals surface area contributed by atoms with Crippen molar-refractivity contribution in [3.63, 3.8) is 0 Å². The molecule has 1 aliphatic carbocycles. The van der Waals surface area contributed by atoms with E-state index in [4.69, 9.17) is 0 Å². The third-order valence-electron chi connectivity index (χ3n) is 3.90. The van der Waals surface area contributed by atoms with Gasteiger partial charge in [0.2, 0.25) is 5.82 Å². The first-order chi connectivity index (χ1) is 9.04. The first kappa shape index (κ1) is 13.8. The van der Waals surface area contributed by atoms with Crippen molar-refractivity contribution >= 4 is 11.5 Å². The fourth-order valence-electron chi connectivity index (χ4n) is 2.84. The number of hydrogen-bond donors (Lipinski definition) is 1. The number of nitrogens with zero attached hydrogens (tertiary/aromatic N) is 3. The van der Waals surface area contributed by atoms with Crippen LogP contribution >= 0.6 is 0 Å². The number of anilines is 1. The Labute approximate surface area is 113 Å². The quantitative estimate of drug-likeness (QED) is 0.656. The van der Waals surface area contributed by atoms with Crippen LogP contribution in [0, 0.1) is 23.0 Å². The van der Waals surface area contributed by atoms with Gasteiger partial charge in [-0.15, -0.1) is 0 Å². The number of nitro groups is 1. The average molecular weight is 266 g/mol. The Morgan fingerprint density at radius 3 is 2.79 bits per heavy atom. The maximum Gasteiger partial charge on any atom is 0.333 e. The summed E-state index contributed by atoms with van der Waals surface area (Å²) in [5.74, 6) is 1.15. The second kappa shape index (κ2) is 5.59. The normalized spacial score (nSPS) is 22.7. The molecule has 0 bridgehead atoms. The number of rotatable bonds is 5. The smallest absolute Gasteiger partial charge is 0.333 e. The molecule has 1 N–H and O–H groups in total. The summed E-state index contributed by atoms with van der Waals surface area (Å²) >= 11 is 0. The van der Waals surface area contributed by atoms with Crippen LogP contribution in [0.2, 0.25) is 0 Å². The lowest BCUT2D eigenvalue weighted by molar-refractivity contribution is -0.384. The van der Waals surface area contributed by atoms with Gasteiger partial charge in [0.15, 0.2) is 0 Å². The largest absolute Gasteiger partial charge is 0.362 e. The summed E-state index contributed by atoms with van der Waals surface area (Å²) < 4.78 is 1.75. The van der Waals surface area contributed by atoms with Crippen LogP contribution in [0.25, 0.3) is 0 Å². The van der Waals surface area contributed by atoms with E-state index in [9.17, 15) is 10.1 Å². The maximum atomic E-state index is 11.2. The Kier molecular flexibility index (Phi) is 4.07. The molecule has 2 atom stereocenters. The van der Waals surface area contributed by atoms with Crippen molar-refractivity contribution in [3.8, 4) is 0 Å². The summed E-state index contributed by atoms with van der Waals surface area (Å²) in [6, 6.07) is 0.324. The van der Waals surface area contributed by atoms with Crippen molar-refractivity contribution in [2.45, 2.75) is 59.0 Å². The molecule has 19 heavy (non-hydrogen) atoms. The molecule has 1 fully saturated rings. The zero-order valence-corrected chi connectivity index (χ0v) is 11.8. The molecular weight excluding hydrogens is 244 g/mol. The van der Waals surface area contributed by atoms with Gasteiger partial charge in [0.05, 0.1) is 4.92 Å². The molecule has 0 saturated heterocycles. The van der Waals surface area contributed by atoms with Crippen molar-refractivity contribution in [2.75, 3.05) is 5.32 Å². The van der Waals surface area contributed by atoms with E-state index in [2.05, 4.69) is 17.3 Å². The monoisotopic (exact) mass is 266 g/mol. The minimum atomic E-state index is -0.323. The average Bonchev–Trinajstić information content (AvgIpc) is 2.85. The van der Waals surface area contributed by atoms with Crippen LogP contribution in [0.15, 0.2) is 0 Å². The lowest BCUT2D eigenvalue weighted by atomic mass is 10.1. The van der Waals surface area contributed by atoms with Crippen LogP contribution in [-0.4, -0.2) is 20.7 Å². The fraction of sp³-hybridized carbons (Fsp3) is 0.769. The van der Waals surface area contributed by atoms with Crippen LogP contribution in [-0.2, 0) is 6.54 Å². The van der Waals surface area contributed by atoms with Crippen molar-refractivity contribution in [2.24, 2.45) is 5.92 Å². The van der Waals surface area contributed by atoms with Gasteiger partial charge >= 0.3 is 5.69 Å². The standard InChI is InChI=1S/C13H22N4O2/c1-4-8-16-13(12(17(18)19)10(3)15-16)14-11-7-5-6-9(11)2/h9,11,14H,4-8H2,1-3H3. The van der Waals surface area contributed by atoms with Crippen LogP contribution in [0.1, 0.15) is 45.2 Å². The van der Waals surface area contributed by atoms with Crippen LogP contribution in [0.4, 0.5) is 11.5 Å². The molecule has 0 amide bonds. The number of hydrogen-bond acceptors (Lipinski definition) is 4. The van der Waals surface area contributed by atoms with Crippen molar-refractivity contribution < 1.29 is 4.92 Å². The Hall–Kier alpha value is -1.59. The molecule has 1 aromatic heterocycles. The minimum Gasteiger partial charge on any atom is -0.362 e. The van der Waals surface area contributed by atoms with E-state index < -0.39 is 0 Å². The highest BCUT2D eigenvalue weighted by Crippen LogP contribution is 2.33. The SMILES string of the molecule is CCCn1nc(C)c([N+](=O)[O-])c1NC1CCCC1C. The van der Waals surface area contributed by atoms with Crippen LogP contribution in [0.5, 0.6) is 0 Å². The molecule has 1 heterocycles. The van der Waals surface area contributed by atoms with Gasteiger partial charge in [0.25, 0.3) is 0 Å². The van der Waals surface area contributed by atoms with E-state index in [-0.39, 0.29) is 10.6 Å². The highest BCUT2D eigenvalue weighted by molar-refractivity contribution is 5.60. The van der Waals surface area contributed by atoms with Gasteiger partial charge in [0, 0.05) is 12.6 Å². The van der Waals surface area contributed by atoms with Gasteiger partial charge in [-0.05, 0) is 32.1 Å². The molecule has 6 heteroatoms. The molecule has 6 nitrogen and oxygen atoms in total. The van der Waals surface area contributed by atoms with E-state index >= 15 is 0 Å². The Bertz CT molecular complexity index is 469. The van der Waals surface area contributed by atoms with Crippen LogP contribution in [0.3, 0.4) is 0 Å². The summed E-state index contributed by atoms with van der Waals surface area (Å²) in [5, 5.41) is 18.9. The van der Waals surface area contributed by atoms with Crippen molar-refractivity contribution in [1.82, 2.24) is 9.78 Å². The topological polar surface area (TPSA) is 73.0 Å². The molecule has 2 rings (SSSR count). The third kappa shape index (κ3) is 2.72. The van der Waals surface area contributed by atoms with Gasteiger partial charge < -0.3 is 5.32 Å². The summed E-state index contributed by atoms with van der Waals surface area (Å²) in [6.45, 7) is 6.65. The van der Waals surface area contributed by atoms with E-state index in [1.807, 2.05) is 6.92 Å². The zero-order valence-electron chi connectivity index (χ0n) is 11.8. The Morgan fingerprint density at radius 2 is 2.26 bits per heavy atom. The lowest BCUT2D eigenvalue weighted by Gasteiger charge is -2.18. The van der Waals surface area contributed by atoms with Gasteiger partial charge in [0.1, 0.15) is 5.69 Å². The Balaban J connectivity index is 2.32. The van der Waals surface area contributed by atoms with Gasteiger partial charge in [-0.2, -0.15) is 5.10 Å². The van der Waals surface area contributed by atoms with Gasteiger partial charge in [-0.1, -0.05) is 20.3 Å². The predicted molar refractivity (Wildman–Crippen MR) is 74.3 cm³/mol. The van der Waals surface area contributed by atoms with Crippen molar-refractivity contribution in [1.29, 1.82) is 0 Å².